The van der Waals surface area contributed by atoms with Gasteiger partial charge in [0.25, 0.3) is 0 Å². The van der Waals surface area contributed by atoms with Crippen molar-refractivity contribution in [3.63, 3.8) is 0 Å². The molecule has 31 heavy (non-hydrogen) atoms. The van der Waals surface area contributed by atoms with Crippen molar-refractivity contribution in [1.29, 1.82) is 0 Å². The summed E-state index contributed by atoms with van der Waals surface area (Å²) in [6.07, 6.45) is -0.290. The molecule has 2 heterocycles. The van der Waals surface area contributed by atoms with Crippen molar-refractivity contribution < 1.29 is 19.1 Å². The molecule has 2 aliphatic rings. The number of nitrogens with zero attached hydrogens (tertiary/aromatic N) is 3. The number of anilines is 1. The molecule has 0 bridgehead atoms. The molecule has 2 fully saturated rings. The van der Waals surface area contributed by atoms with Crippen LogP contribution in [0.15, 0.2) is 18.2 Å². The van der Waals surface area contributed by atoms with E-state index in [9.17, 15) is 14.4 Å². The highest BCUT2D eigenvalue weighted by atomic mass is 35.5. The Kier molecular flexibility index (Phi) is 7.40. The third-order valence-electron chi connectivity index (χ3n) is 4.70. The zero-order valence-corrected chi connectivity index (χ0v) is 20.5. The number of benzene rings is 1. The second kappa shape index (κ2) is 9.52. The zero-order valence-electron chi connectivity index (χ0n) is 17.4. The number of thiocarbonyl (C=S) groups is 1. The molecule has 168 valence electrons. The van der Waals surface area contributed by atoms with Crippen LogP contribution < -0.4 is 4.90 Å². The molecule has 0 N–H and O–H groups in total. The standard InChI is InChI=1S/C20H23Cl2N3O4S2/c1-20(2,3)29-18(28)23-6-8-24(9-7-23)19(30)31-15-11-16(26)25(17(15)27)12-4-5-13(21)14(22)10-12/h4-5,10,15H,6-9,11H2,1-3H3/t15-/m1/s1. The SMILES string of the molecule is CC(C)(C)OC(=O)N1CCN(C(=S)S[C@@H]2CC(=O)N(c3ccc(Cl)c(Cl)c3)C2=O)CC1. The Morgan fingerprint density at radius 3 is 2.29 bits per heavy atom. The van der Waals surface area contributed by atoms with E-state index in [2.05, 4.69) is 0 Å². The Labute approximate surface area is 200 Å². The minimum atomic E-state index is -0.599. The summed E-state index contributed by atoms with van der Waals surface area (Å²) >= 11 is 18.7. The number of thioether (sulfide) groups is 1. The summed E-state index contributed by atoms with van der Waals surface area (Å²) in [5.41, 5.74) is -0.154. The van der Waals surface area contributed by atoms with Crippen LogP contribution in [0.4, 0.5) is 10.5 Å². The van der Waals surface area contributed by atoms with Crippen molar-refractivity contribution in [2.75, 3.05) is 31.1 Å². The molecule has 0 unspecified atom stereocenters. The lowest BCUT2D eigenvalue weighted by Gasteiger charge is -2.36. The van der Waals surface area contributed by atoms with Gasteiger partial charge in [-0.15, -0.1) is 0 Å². The van der Waals surface area contributed by atoms with Crippen LogP contribution in [0.3, 0.4) is 0 Å². The van der Waals surface area contributed by atoms with Gasteiger partial charge in [0.05, 0.1) is 15.7 Å². The van der Waals surface area contributed by atoms with Crippen LogP contribution in [0, 0.1) is 0 Å². The number of carbonyl (C=O) groups is 3. The Balaban J connectivity index is 1.56. The molecule has 3 amide bonds. The lowest BCUT2D eigenvalue weighted by atomic mass is 10.2. The highest BCUT2D eigenvalue weighted by Crippen LogP contribution is 2.34. The van der Waals surface area contributed by atoms with Gasteiger partial charge >= 0.3 is 6.09 Å². The fraction of sp³-hybridized carbons (Fsp3) is 0.500. The van der Waals surface area contributed by atoms with Crippen LogP contribution in [0.5, 0.6) is 0 Å². The number of imide groups is 1. The Hall–Kier alpha value is -1.55. The molecule has 1 aromatic rings. The number of halogens is 2. The van der Waals surface area contributed by atoms with E-state index in [1.165, 1.54) is 17.8 Å². The predicted octanol–water partition coefficient (Wildman–Crippen LogP) is 4.20. The highest BCUT2D eigenvalue weighted by molar-refractivity contribution is 8.23. The van der Waals surface area contributed by atoms with Crippen LogP contribution in [0.25, 0.3) is 0 Å². The molecule has 0 spiro atoms. The number of ether oxygens (including phenoxy) is 1. The van der Waals surface area contributed by atoms with Crippen molar-refractivity contribution in [1.82, 2.24) is 9.80 Å². The Morgan fingerprint density at radius 2 is 1.71 bits per heavy atom. The molecule has 0 radical (unpaired) electrons. The first-order chi connectivity index (χ1) is 14.5. The molecule has 0 aromatic heterocycles. The lowest BCUT2D eigenvalue weighted by Crippen LogP contribution is -2.51. The summed E-state index contributed by atoms with van der Waals surface area (Å²) in [6.45, 7) is 7.51. The quantitative estimate of drug-likeness (QED) is 0.442. The number of rotatable bonds is 2. The van der Waals surface area contributed by atoms with Crippen LogP contribution in [0.1, 0.15) is 27.2 Å². The predicted molar refractivity (Wildman–Crippen MR) is 127 cm³/mol. The Bertz CT molecular complexity index is 914. The largest absolute Gasteiger partial charge is 0.444 e. The molecule has 0 saturated carbocycles. The first-order valence-electron chi connectivity index (χ1n) is 9.71. The van der Waals surface area contributed by atoms with E-state index < -0.39 is 10.9 Å². The van der Waals surface area contributed by atoms with Gasteiger partial charge in [-0.25, -0.2) is 9.69 Å². The van der Waals surface area contributed by atoms with Gasteiger partial charge < -0.3 is 14.5 Å². The van der Waals surface area contributed by atoms with Crippen molar-refractivity contribution in [3.05, 3.63) is 28.2 Å². The van der Waals surface area contributed by atoms with Crippen LogP contribution in [0.2, 0.25) is 10.0 Å². The van der Waals surface area contributed by atoms with Gasteiger partial charge in [-0.3, -0.25) is 9.59 Å². The molecule has 2 saturated heterocycles. The Morgan fingerprint density at radius 1 is 1.10 bits per heavy atom. The van der Waals surface area contributed by atoms with Crippen LogP contribution >= 0.6 is 47.2 Å². The molecule has 2 aliphatic heterocycles. The van der Waals surface area contributed by atoms with E-state index in [0.717, 1.165) is 4.90 Å². The number of carbonyl (C=O) groups excluding carboxylic acids is 3. The van der Waals surface area contributed by atoms with Gasteiger partial charge in [0.1, 0.15) is 15.2 Å². The van der Waals surface area contributed by atoms with Gasteiger partial charge in [-0.2, -0.15) is 0 Å². The van der Waals surface area contributed by atoms with Gasteiger partial charge in [-0.1, -0.05) is 47.2 Å². The van der Waals surface area contributed by atoms with Gasteiger partial charge in [0.15, 0.2) is 0 Å². The fourth-order valence-corrected chi connectivity index (χ4v) is 5.02. The smallest absolute Gasteiger partial charge is 0.410 e. The van der Waals surface area contributed by atoms with Crippen LogP contribution in [-0.2, 0) is 14.3 Å². The van der Waals surface area contributed by atoms with Crippen molar-refractivity contribution in [3.8, 4) is 0 Å². The van der Waals surface area contributed by atoms with E-state index in [0.29, 0.717) is 41.2 Å². The minimum absolute atomic E-state index is 0.0573. The van der Waals surface area contributed by atoms with Crippen molar-refractivity contribution in [2.24, 2.45) is 0 Å². The average Bonchev–Trinajstić information content (AvgIpc) is 2.96. The first kappa shape index (κ1) is 24.1. The maximum absolute atomic E-state index is 12.9. The molecule has 7 nitrogen and oxygen atoms in total. The molecule has 3 rings (SSSR count). The molecular weight excluding hydrogens is 481 g/mol. The number of piperazine rings is 1. The fourth-order valence-electron chi connectivity index (χ4n) is 3.19. The second-order valence-electron chi connectivity index (χ2n) is 8.20. The summed E-state index contributed by atoms with van der Waals surface area (Å²) in [5.74, 6) is -0.637. The summed E-state index contributed by atoms with van der Waals surface area (Å²) in [5, 5.41) is 0.0229. The van der Waals surface area contributed by atoms with E-state index in [1.54, 1.807) is 17.0 Å². The van der Waals surface area contributed by atoms with Crippen molar-refractivity contribution in [2.45, 2.75) is 38.0 Å². The topological polar surface area (TPSA) is 70.2 Å². The maximum atomic E-state index is 12.9. The van der Waals surface area contributed by atoms with E-state index in [4.69, 9.17) is 40.2 Å². The summed E-state index contributed by atoms with van der Waals surface area (Å²) in [4.78, 5) is 42.3. The summed E-state index contributed by atoms with van der Waals surface area (Å²) in [7, 11) is 0. The molecule has 1 atom stereocenters. The van der Waals surface area contributed by atoms with E-state index in [1.807, 2.05) is 25.7 Å². The summed E-state index contributed by atoms with van der Waals surface area (Å²) in [6, 6.07) is 4.64. The molecule has 0 aliphatic carbocycles. The normalized spacial score (nSPS) is 19.8. The summed E-state index contributed by atoms with van der Waals surface area (Å²) < 4.78 is 5.93. The van der Waals surface area contributed by atoms with Gasteiger partial charge in [-0.05, 0) is 39.0 Å². The highest BCUT2D eigenvalue weighted by Gasteiger charge is 2.41. The van der Waals surface area contributed by atoms with Crippen LogP contribution in [-0.4, -0.2) is 69.1 Å². The number of hydrogen-bond acceptors (Lipinski definition) is 6. The maximum Gasteiger partial charge on any atom is 0.410 e. The average molecular weight is 504 g/mol. The van der Waals surface area contributed by atoms with E-state index >= 15 is 0 Å². The molecule has 11 heteroatoms. The lowest BCUT2D eigenvalue weighted by molar-refractivity contribution is -0.121. The molecular formula is C20H23Cl2N3O4S2. The third-order valence-corrected chi connectivity index (χ3v) is 7.10. The number of hydrogen-bond donors (Lipinski definition) is 0. The zero-order chi connectivity index (χ0) is 22.9. The third kappa shape index (κ3) is 5.83. The first-order valence-corrected chi connectivity index (χ1v) is 11.8. The van der Waals surface area contributed by atoms with Gasteiger partial charge in [0, 0.05) is 32.6 Å². The number of amides is 3. The molecule has 1 aromatic carbocycles. The van der Waals surface area contributed by atoms with E-state index in [-0.39, 0.29) is 29.4 Å². The van der Waals surface area contributed by atoms with Crippen molar-refractivity contribution >= 4 is 75.1 Å². The monoisotopic (exact) mass is 503 g/mol. The van der Waals surface area contributed by atoms with Gasteiger partial charge in [0.2, 0.25) is 11.8 Å². The minimum Gasteiger partial charge on any atom is -0.444 e. The second-order valence-corrected chi connectivity index (χ2v) is 10.8.